The van der Waals surface area contributed by atoms with Crippen molar-refractivity contribution >= 4 is 5.69 Å². The molecule has 1 saturated heterocycles. The molecule has 0 radical (unpaired) electrons. The van der Waals surface area contributed by atoms with Gasteiger partial charge in [-0.1, -0.05) is 0 Å². The number of nitrogens with one attached hydrogen (secondary N) is 1. The highest BCUT2D eigenvalue weighted by atomic mass is 16.6. The largest absolute Gasteiger partial charge is 0.381 e. The zero-order valence-electron chi connectivity index (χ0n) is 9.44. The Balaban J connectivity index is 1.83. The second kappa shape index (κ2) is 4.22. The molecule has 2 aromatic rings. The fraction of sp³-hybridized carbons (Fsp3) is 0.400. The van der Waals surface area contributed by atoms with Gasteiger partial charge in [0.25, 0.3) is 0 Å². The molecule has 1 aliphatic rings. The normalized spacial score (nSPS) is 15.6. The Bertz CT molecular complexity index is 572. The van der Waals surface area contributed by atoms with Crippen LogP contribution in [-0.4, -0.2) is 38.1 Å². The minimum atomic E-state index is -0.475. The van der Waals surface area contributed by atoms with E-state index < -0.39 is 4.92 Å². The van der Waals surface area contributed by atoms with Gasteiger partial charge in [-0.25, -0.2) is 0 Å². The number of rotatable bonds is 4. The number of H-pyrrole nitrogens is 1. The van der Waals surface area contributed by atoms with Gasteiger partial charge in [0.1, 0.15) is 11.9 Å². The molecule has 3 rings (SSSR count). The van der Waals surface area contributed by atoms with Crippen molar-refractivity contribution in [2.45, 2.75) is 6.54 Å². The van der Waals surface area contributed by atoms with Crippen molar-refractivity contribution in [2.24, 2.45) is 5.92 Å². The molecular formula is C10H11N5O3. The fourth-order valence-corrected chi connectivity index (χ4v) is 1.86. The van der Waals surface area contributed by atoms with Crippen LogP contribution in [0.4, 0.5) is 5.69 Å². The number of aromatic amines is 1. The van der Waals surface area contributed by atoms with Gasteiger partial charge in [-0.2, -0.15) is 10.2 Å². The topological polar surface area (TPSA) is 98.9 Å². The number of nitrogens with zero attached hydrogens (tertiary/aromatic N) is 4. The lowest BCUT2D eigenvalue weighted by molar-refractivity contribution is -0.384. The molecule has 1 fully saturated rings. The summed E-state index contributed by atoms with van der Waals surface area (Å²) in [6.07, 6.45) is 3.06. The van der Waals surface area contributed by atoms with Crippen molar-refractivity contribution in [1.29, 1.82) is 0 Å². The minimum Gasteiger partial charge on any atom is -0.381 e. The molecule has 0 amide bonds. The molecule has 0 spiro atoms. The van der Waals surface area contributed by atoms with Crippen LogP contribution in [0.25, 0.3) is 11.4 Å². The van der Waals surface area contributed by atoms with E-state index in [1.807, 2.05) is 0 Å². The summed E-state index contributed by atoms with van der Waals surface area (Å²) in [6.45, 7) is 2.26. The number of hydrogen-bond acceptors (Lipinski definition) is 5. The maximum Gasteiger partial charge on any atom is 0.316 e. The van der Waals surface area contributed by atoms with Gasteiger partial charge in [0, 0.05) is 18.7 Å². The third-order valence-corrected chi connectivity index (χ3v) is 2.85. The average molecular weight is 249 g/mol. The molecule has 2 aromatic heterocycles. The summed E-state index contributed by atoms with van der Waals surface area (Å²) in [5.41, 5.74) is 0.707. The van der Waals surface area contributed by atoms with Crippen molar-refractivity contribution in [3.8, 4) is 11.4 Å². The molecule has 3 heterocycles. The van der Waals surface area contributed by atoms with Crippen molar-refractivity contribution in [3.05, 3.63) is 28.6 Å². The van der Waals surface area contributed by atoms with Gasteiger partial charge in [0.05, 0.1) is 18.1 Å². The van der Waals surface area contributed by atoms with Crippen molar-refractivity contribution in [3.63, 3.8) is 0 Å². The van der Waals surface area contributed by atoms with Crippen LogP contribution >= 0.6 is 0 Å². The van der Waals surface area contributed by atoms with Crippen LogP contribution in [-0.2, 0) is 11.3 Å². The quantitative estimate of drug-likeness (QED) is 0.639. The van der Waals surface area contributed by atoms with E-state index in [1.165, 1.54) is 6.20 Å². The standard InChI is InChI=1S/C10H11N5O3/c16-15(17)9-3-11-12-10(9)8-1-2-14(13-8)4-7-5-18-6-7/h1-3,7H,4-6H2,(H,11,12). The molecule has 0 saturated carbocycles. The SMILES string of the molecule is O=[N+]([O-])c1c[nH]nc1-c1ccn(CC2COC2)n1. The number of aromatic nitrogens is 4. The maximum absolute atomic E-state index is 10.8. The van der Waals surface area contributed by atoms with E-state index in [0.717, 1.165) is 19.8 Å². The van der Waals surface area contributed by atoms with Gasteiger partial charge in [0.2, 0.25) is 0 Å². The van der Waals surface area contributed by atoms with E-state index in [4.69, 9.17) is 4.74 Å². The molecular weight excluding hydrogens is 238 g/mol. The second-order valence-corrected chi connectivity index (χ2v) is 4.20. The van der Waals surface area contributed by atoms with Crippen molar-refractivity contribution in [2.75, 3.05) is 13.2 Å². The summed E-state index contributed by atoms with van der Waals surface area (Å²) in [7, 11) is 0. The lowest BCUT2D eigenvalue weighted by atomic mass is 10.1. The molecule has 1 N–H and O–H groups in total. The third-order valence-electron chi connectivity index (χ3n) is 2.85. The molecule has 94 valence electrons. The Morgan fingerprint density at radius 1 is 1.61 bits per heavy atom. The van der Waals surface area contributed by atoms with E-state index >= 15 is 0 Å². The predicted octanol–water partition coefficient (Wildman–Crippen LogP) is 0.828. The lowest BCUT2D eigenvalue weighted by Gasteiger charge is -2.25. The molecule has 0 unspecified atom stereocenters. The Kier molecular flexibility index (Phi) is 2.56. The Morgan fingerprint density at radius 2 is 2.44 bits per heavy atom. The average Bonchev–Trinajstić information content (AvgIpc) is 2.91. The summed E-state index contributed by atoms with van der Waals surface area (Å²) < 4.78 is 6.85. The minimum absolute atomic E-state index is 0.0628. The molecule has 0 aliphatic carbocycles. The van der Waals surface area contributed by atoms with Crippen LogP contribution in [0.15, 0.2) is 18.5 Å². The number of ether oxygens (including phenoxy) is 1. The summed E-state index contributed by atoms with van der Waals surface area (Å²) in [4.78, 5) is 10.3. The first-order valence-corrected chi connectivity index (χ1v) is 5.54. The Labute approximate surface area is 102 Å². The highest BCUT2D eigenvalue weighted by Crippen LogP contribution is 2.25. The van der Waals surface area contributed by atoms with Gasteiger partial charge in [-0.05, 0) is 6.07 Å². The number of nitro groups is 1. The monoisotopic (exact) mass is 249 g/mol. The zero-order valence-corrected chi connectivity index (χ0v) is 9.44. The molecule has 8 nitrogen and oxygen atoms in total. The van der Waals surface area contributed by atoms with Crippen LogP contribution in [0.2, 0.25) is 0 Å². The molecule has 8 heteroatoms. The summed E-state index contributed by atoms with van der Waals surface area (Å²) >= 11 is 0. The summed E-state index contributed by atoms with van der Waals surface area (Å²) in [5, 5.41) is 21.4. The molecule has 1 aliphatic heterocycles. The maximum atomic E-state index is 10.8. The first-order valence-electron chi connectivity index (χ1n) is 5.54. The Morgan fingerprint density at radius 3 is 3.11 bits per heavy atom. The van der Waals surface area contributed by atoms with Crippen molar-refractivity contribution < 1.29 is 9.66 Å². The first kappa shape index (κ1) is 10.9. The zero-order chi connectivity index (χ0) is 12.5. The van der Waals surface area contributed by atoms with E-state index in [2.05, 4.69) is 15.3 Å². The second-order valence-electron chi connectivity index (χ2n) is 4.20. The smallest absolute Gasteiger partial charge is 0.316 e. The molecule has 0 aromatic carbocycles. The van der Waals surface area contributed by atoms with Crippen LogP contribution in [0.1, 0.15) is 0 Å². The summed E-state index contributed by atoms with van der Waals surface area (Å²) in [5.74, 6) is 0.479. The molecule has 0 atom stereocenters. The van der Waals surface area contributed by atoms with Crippen LogP contribution < -0.4 is 0 Å². The van der Waals surface area contributed by atoms with Crippen LogP contribution in [0, 0.1) is 16.0 Å². The number of hydrogen-bond donors (Lipinski definition) is 1. The lowest BCUT2D eigenvalue weighted by Crippen LogP contribution is -2.31. The third kappa shape index (κ3) is 1.86. The molecule has 0 bridgehead atoms. The highest BCUT2D eigenvalue weighted by molar-refractivity contribution is 5.64. The predicted molar refractivity (Wildman–Crippen MR) is 60.8 cm³/mol. The van der Waals surface area contributed by atoms with E-state index in [1.54, 1.807) is 16.9 Å². The van der Waals surface area contributed by atoms with Gasteiger partial charge in [-0.3, -0.25) is 19.9 Å². The van der Waals surface area contributed by atoms with Gasteiger partial charge < -0.3 is 4.74 Å². The van der Waals surface area contributed by atoms with Gasteiger partial charge in [-0.15, -0.1) is 0 Å². The molecule has 18 heavy (non-hydrogen) atoms. The van der Waals surface area contributed by atoms with E-state index in [0.29, 0.717) is 11.6 Å². The highest BCUT2D eigenvalue weighted by Gasteiger charge is 2.22. The van der Waals surface area contributed by atoms with Crippen LogP contribution in [0.3, 0.4) is 0 Å². The van der Waals surface area contributed by atoms with Crippen LogP contribution in [0.5, 0.6) is 0 Å². The van der Waals surface area contributed by atoms with Gasteiger partial charge in [0.15, 0.2) is 5.69 Å². The van der Waals surface area contributed by atoms with E-state index in [-0.39, 0.29) is 11.4 Å². The Hall–Kier alpha value is -2.22. The first-order chi connectivity index (χ1) is 8.74. The van der Waals surface area contributed by atoms with Gasteiger partial charge >= 0.3 is 5.69 Å². The van der Waals surface area contributed by atoms with E-state index in [9.17, 15) is 10.1 Å². The summed E-state index contributed by atoms with van der Waals surface area (Å²) in [6, 6.07) is 1.72. The van der Waals surface area contributed by atoms with Crippen molar-refractivity contribution in [1.82, 2.24) is 20.0 Å². The fourth-order valence-electron chi connectivity index (χ4n) is 1.86.